The molecule has 0 aliphatic heterocycles. The Morgan fingerprint density at radius 3 is 2.43 bits per heavy atom. The monoisotopic (exact) mass is 368 g/mol. The summed E-state index contributed by atoms with van der Waals surface area (Å²) in [7, 11) is 0. The molecular weight excluding hydrogens is 340 g/mol. The fraction of sp³-hybridized carbons (Fsp3) is 0.269. The zero-order valence-electron chi connectivity index (χ0n) is 17.5. The molecule has 142 valence electrons. The van der Waals surface area contributed by atoms with Crippen LogP contribution in [0.25, 0.3) is 33.7 Å². The van der Waals surface area contributed by atoms with E-state index in [1.54, 1.807) is 0 Å². The maximum absolute atomic E-state index is 4.71. The molecule has 4 rings (SSSR count). The third-order valence-corrected chi connectivity index (χ3v) is 5.67. The molecule has 3 aromatic rings. The van der Waals surface area contributed by atoms with Gasteiger partial charge in [0, 0.05) is 16.6 Å². The number of H-pyrrole nitrogens is 1. The molecule has 0 unspecified atom stereocenters. The zero-order valence-corrected chi connectivity index (χ0v) is 17.5. The molecule has 1 aromatic heterocycles. The van der Waals surface area contributed by atoms with Crippen molar-refractivity contribution in [3.8, 4) is 22.4 Å². The molecule has 0 spiro atoms. The van der Waals surface area contributed by atoms with Crippen molar-refractivity contribution in [2.24, 2.45) is 4.99 Å². The number of fused-ring (bicyclic) bond motifs is 3. The van der Waals surface area contributed by atoms with Crippen LogP contribution in [0.1, 0.15) is 52.2 Å². The second kappa shape index (κ2) is 7.27. The van der Waals surface area contributed by atoms with Crippen molar-refractivity contribution in [2.75, 3.05) is 0 Å². The summed E-state index contributed by atoms with van der Waals surface area (Å²) in [5.41, 5.74) is 11.5. The van der Waals surface area contributed by atoms with E-state index >= 15 is 0 Å². The average Bonchev–Trinajstić information content (AvgIpc) is 3.28. The minimum Gasteiger partial charge on any atom is -0.353 e. The summed E-state index contributed by atoms with van der Waals surface area (Å²) in [5.74, 6) is 0. The van der Waals surface area contributed by atoms with Gasteiger partial charge >= 0.3 is 0 Å². The highest BCUT2D eigenvalue weighted by Gasteiger charge is 2.18. The van der Waals surface area contributed by atoms with Crippen molar-refractivity contribution in [1.82, 2.24) is 4.98 Å². The lowest BCUT2D eigenvalue weighted by Crippen LogP contribution is -2.26. The number of aliphatic imine (C=N–C) groups is 1. The Bertz CT molecular complexity index is 1200. The third kappa shape index (κ3) is 3.24. The second-order valence-corrected chi connectivity index (χ2v) is 7.96. The van der Waals surface area contributed by atoms with Gasteiger partial charge in [-0.2, -0.15) is 0 Å². The molecule has 1 N–H and O–H groups in total. The molecule has 0 atom stereocenters. The van der Waals surface area contributed by atoms with E-state index in [1.165, 1.54) is 44.3 Å². The maximum Gasteiger partial charge on any atom is 0.0673 e. The van der Waals surface area contributed by atoms with Gasteiger partial charge in [0.25, 0.3) is 0 Å². The predicted molar refractivity (Wildman–Crippen MR) is 121 cm³/mol. The minimum atomic E-state index is 1.02. The number of aromatic nitrogens is 1. The Balaban J connectivity index is 1.87. The molecule has 28 heavy (non-hydrogen) atoms. The van der Waals surface area contributed by atoms with Crippen LogP contribution in [0.4, 0.5) is 0 Å². The van der Waals surface area contributed by atoms with Gasteiger partial charge in [0.1, 0.15) is 0 Å². The van der Waals surface area contributed by atoms with Crippen molar-refractivity contribution in [3.63, 3.8) is 0 Å². The van der Waals surface area contributed by atoms with Gasteiger partial charge < -0.3 is 4.98 Å². The van der Waals surface area contributed by atoms with Gasteiger partial charge in [0.15, 0.2) is 0 Å². The number of aromatic amines is 1. The van der Waals surface area contributed by atoms with Gasteiger partial charge in [-0.1, -0.05) is 48.9 Å². The maximum atomic E-state index is 4.71. The lowest BCUT2D eigenvalue weighted by molar-refractivity contribution is 1.18. The van der Waals surface area contributed by atoms with Crippen LogP contribution >= 0.6 is 0 Å². The molecule has 1 heterocycles. The number of nitrogens with one attached hydrogen (secondary N) is 1. The summed E-state index contributed by atoms with van der Waals surface area (Å²) < 4.78 is 0. The standard InChI is InChI=1S/C26H28N2/c1-6-17(4)24-15-25(28-26(24)18(5)27-16(2)3)20-11-12-23-21(14-20)13-19-9-7-8-10-22(19)23/h7-12,14-15,28H,6,13H2,1-5H3/b24-17+,26-18+. The van der Waals surface area contributed by atoms with Gasteiger partial charge in [-0.25, -0.2) is 0 Å². The van der Waals surface area contributed by atoms with Crippen molar-refractivity contribution in [3.05, 3.63) is 70.2 Å². The van der Waals surface area contributed by atoms with E-state index in [2.05, 4.69) is 74.3 Å². The Kier molecular flexibility index (Phi) is 4.80. The van der Waals surface area contributed by atoms with E-state index in [0.29, 0.717) is 0 Å². The van der Waals surface area contributed by atoms with Crippen LogP contribution in [0, 0.1) is 0 Å². The summed E-state index contributed by atoms with van der Waals surface area (Å²) in [6.07, 6.45) is 2.05. The molecular formula is C26H28N2. The third-order valence-electron chi connectivity index (χ3n) is 5.67. The van der Waals surface area contributed by atoms with Gasteiger partial charge in [-0.05, 0) is 80.5 Å². The van der Waals surface area contributed by atoms with Crippen LogP contribution in [-0.4, -0.2) is 10.7 Å². The molecule has 0 fully saturated rings. The van der Waals surface area contributed by atoms with Crippen molar-refractivity contribution in [1.29, 1.82) is 0 Å². The van der Waals surface area contributed by atoms with E-state index in [0.717, 1.165) is 29.6 Å². The summed E-state index contributed by atoms with van der Waals surface area (Å²) >= 11 is 0. The highest BCUT2D eigenvalue weighted by atomic mass is 14.8. The summed E-state index contributed by atoms with van der Waals surface area (Å²) in [6, 6.07) is 17.9. The number of hydrogen-bond donors (Lipinski definition) is 1. The number of nitrogens with zero attached hydrogens (tertiary/aromatic N) is 1. The molecule has 2 aromatic carbocycles. The minimum absolute atomic E-state index is 1.02. The molecule has 1 aliphatic rings. The molecule has 0 amide bonds. The molecule has 2 nitrogen and oxygen atoms in total. The second-order valence-electron chi connectivity index (χ2n) is 7.96. The largest absolute Gasteiger partial charge is 0.353 e. The molecule has 0 saturated carbocycles. The normalized spacial score (nSPS) is 14.3. The average molecular weight is 369 g/mol. The van der Waals surface area contributed by atoms with Crippen molar-refractivity contribution >= 4 is 17.0 Å². The van der Waals surface area contributed by atoms with Crippen LogP contribution in [0.2, 0.25) is 0 Å². The molecule has 0 bridgehead atoms. The smallest absolute Gasteiger partial charge is 0.0673 e. The Labute approximate surface area is 167 Å². The molecule has 0 radical (unpaired) electrons. The Hall–Kier alpha value is -2.87. The highest BCUT2D eigenvalue weighted by molar-refractivity contribution is 5.83. The molecule has 2 heteroatoms. The molecule has 0 saturated heterocycles. The first-order valence-electron chi connectivity index (χ1n) is 10.1. The number of benzene rings is 2. The summed E-state index contributed by atoms with van der Waals surface area (Å²) in [6.45, 7) is 10.6. The van der Waals surface area contributed by atoms with Gasteiger partial charge in [0.2, 0.25) is 0 Å². The van der Waals surface area contributed by atoms with E-state index in [9.17, 15) is 0 Å². The summed E-state index contributed by atoms with van der Waals surface area (Å²) in [5, 5.41) is 2.42. The number of rotatable bonds is 3. The van der Waals surface area contributed by atoms with Gasteiger partial charge in [0.05, 0.1) is 11.0 Å². The quantitative estimate of drug-likeness (QED) is 0.466. The van der Waals surface area contributed by atoms with Crippen LogP contribution in [0.15, 0.2) is 53.5 Å². The first-order chi connectivity index (χ1) is 13.5. The zero-order chi connectivity index (χ0) is 19.8. The van der Waals surface area contributed by atoms with E-state index in [-0.39, 0.29) is 0 Å². The van der Waals surface area contributed by atoms with Gasteiger partial charge in [-0.3, -0.25) is 4.99 Å². The lowest BCUT2D eigenvalue weighted by atomic mass is 10.0. The first kappa shape index (κ1) is 18.5. The fourth-order valence-corrected chi connectivity index (χ4v) is 4.13. The van der Waals surface area contributed by atoms with Crippen LogP contribution in [0.5, 0.6) is 0 Å². The van der Waals surface area contributed by atoms with E-state index in [1.807, 2.05) is 13.8 Å². The Morgan fingerprint density at radius 1 is 0.929 bits per heavy atom. The SMILES string of the molecule is CC/C(C)=c1\cc(-c2ccc3c(c2)Cc2ccccc2-3)[nH]\c1=C(/C)N=C(C)C. The van der Waals surface area contributed by atoms with Gasteiger partial charge in [-0.15, -0.1) is 0 Å². The Morgan fingerprint density at radius 2 is 1.68 bits per heavy atom. The van der Waals surface area contributed by atoms with E-state index < -0.39 is 0 Å². The molecule has 1 aliphatic carbocycles. The van der Waals surface area contributed by atoms with E-state index in [4.69, 9.17) is 4.99 Å². The highest BCUT2D eigenvalue weighted by Crippen LogP contribution is 2.37. The first-order valence-corrected chi connectivity index (χ1v) is 10.1. The van der Waals surface area contributed by atoms with Crippen LogP contribution < -0.4 is 10.6 Å². The number of hydrogen-bond acceptors (Lipinski definition) is 1. The summed E-state index contributed by atoms with van der Waals surface area (Å²) in [4.78, 5) is 8.37. The topological polar surface area (TPSA) is 28.1 Å². The van der Waals surface area contributed by atoms with Crippen LogP contribution in [-0.2, 0) is 6.42 Å². The van der Waals surface area contributed by atoms with Crippen LogP contribution in [0.3, 0.4) is 0 Å². The predicted octanol–water partition coefficient (Wildman–Crippen LogP) is 5.44. The van der Waals surface area contributed by atoms with Crippen molar-refractivity contribution < 1.29 is 0 Å². The fourth-order valence-electron chi connectivity index (χ4n) is 4.13. The lowest BCUT2D eigenvalue weighted by Gasteiger charge is -2.04. The van der Waals surface area contributed by atoms with Crippen molar-refractivity contribution in [2.45, 2.75) is 47.5 Å².